The Kier molecular flexibility index (Phi) is 5.75. The topological polar surface area (TPSA) is 67.2 Å². The van der Waals surface area contributed by atoms with Crippen LogP contribution in [0.5, 0.6) is 0 Å². The number of hydrogen-bond donors (Lipinski definition) is 2. The van der Waals surface area contributed by atoms with Crippen molar-refractivity contribution in [3.05, 3.63) is 33.9 Å². The van der Waals surface area contributed by atoms with Crippen molar-refractivity contribution in [2.45, 2.75) is 19.5 Å². The quantitative estimate of drug-likeness (QED) is 0.460. The molecule has 0 fully saturated rings. The van der Waals surface area contributed by atoms with Gasteiger partial charge in [-0.1, -0.05) is 6.92 Å². The van der Waals surface area contributed by atoms with Gasteiger partial charge in [0.2, 0.25) is 0 Å². The van der Waals surface area contributed by atoms with Crippen LogP contribution in [0.4, 0.5) is 24.5 Å². The molecule has 0 atom stereocenters. The third-order valence-corrected chi connectivity index (χ3v) is 2.62. The fourth-order valence-electron chi connectivity index (χ4n) is 1.65. The van der Waals surface area contributed by atoms with Crippen LogP contribution in [-0.4, -0.2) is 24.6 Å². The fourth-order valence-corrected chi connectivity index (χ4v) is 1.65. The van der Waals surface area contributed by atoms with Crippen LogP contribution in [-0.2, 0) is 6.18 Å². The van der Waals surface area contributed by atoms with Gasteiger partial charge < -0.3 is 10.6 Å². The average molecular weight is 291 g/mol. The summed E-state index contributed by atoms with van der Waals surface area (Å²) in [7, 11) is 0. The van der Waals surface area contributed by atoms with Crippen molar-refractivity contribution in [2.75, 3.05) is 25.0 Å². The van der Waals surface area contributed by atoms with Crippen LogP contribution in [0.1, 0.15) is 18.9 Å². The molecule has 5 nitrogen and oxygen atoms in total. The number of nitrogens with zero attached hydrogens (tertiary/aromatic N) is 1. The number of nitro groups is 1. The van der Waals surface area contributed by atoms with Crippen molar-refractivity contribution in [2.24, 2.45) is 0 Å². The van der Waals surface area contributed by atoms with Crippen molar-refractivity contribution < 1.29 is 18.1 Å². The Morgan fingerprint density at radius 1 is 1.30 bits per heavy atom. The fraction of sp³-hybridized carbons (Fsp3) is 0.500. The molecule has 0 amide bonds. The number of benzene rings is 1. The number of nitro benzene ring substituents is 1. The summed E-state index contributed by atoms with van der Waals surface area (Å²) in [5, 5.41) is 16.2. The zero-order chi connectivity index (χ0) is 15.2. The first kappa shape index (κ1) is 16.2. The molecule has 0 heterocycles. The summed E-state index contributed by atoms with van der Waals surface area (Å²) < 4.78 is 38.5. The zero-order valence-corrected chi connectivity index (χ0v) is 11.0. The molecule has 0 radical (unpaired) electrons. The first-order valence-electron chi connectivity index (χ1n) is 6.16. The standard InChI is InChI=1S/C12H16F3N3O2/c1-2-16-6-3-7-17-11-5-4-9(18(19)20)8-10(11)12(13,14)15/h4-5,8,16-17H,2-3,6-7H2,1H3. The van der Waals surface area contributed by atoms with Gasteiger partial charge in [0.25, 0.3) is 5.69 Å². The summed E-state index contributed by atoms with van der Waals surface area (Å²) in [5.41, 5.74) is -1.73. The van der Waals surface area contributed by atoms with E-state index in [9.17, 15) is 23.3 Å². The highest BCUT2D eigenvalue weighted by atomic mass is 19.4. The molecule has 112 valence electrons. The van der Waals surface area contributed by atoms with E-state index in [4.69, 9.17) is 0 Å². The number of nitrogens with one attached hydrogen (secondary N) is 2. The van der Waals surface area contributed by atoms with E-state index in [1.165, 1.54) is 0 Å². The minimum atomic E-state index is -4.63. The summed E-state index contributed by atoms with van der Waals surface area (Å²) >= 11 is 0. The van der Waals surface area contributed by atoms with Gasteiger partial charge in [-0.15, -0.1) is 0 Å². The number of hydrogen-bond acceptors (Lipinski definition) is 4. The van der Waals surface area contributed by atoms with Gasteiger partial charge in [0.05, 0.1) is 10.5 Å². The van der Waals surface area contributed by atoms with Crippen molar-refractivity contribution in [1.29, 1.82) is 0 Å². The molecule has 8 heteroatoms. The number of halogens is 3. The second kappa shape index (κ2) is 7.09. The van der Waals surface area contributed by atoms with Crippen LogP contribution >= 0.6 is 0 Å². The number of non-ortho nitro benzene ring substituents is 1. The maximum Gasteiger partial charge on any atom is 0.418 e. The molecule has 2 N–H and O–H groups in total. The van der Waals surface area contributed by atoms with Crippen molar-refractivity contribution >= 4 is 11.4 Å². The smallest absolute Gasteiger partial charge is 0.384 e. The van der Waals surface area contributed by atoms with Crippen LogP contribution in [0.2, 0.25) is 0 Å². The maximum atomic E-state index is 12.8. The molecule has 1 rings (SSSR count). The molecule has 0 bridgehead atoms. The molecule has 0 saturated heterocycles. The van der Waals surface area contributed by atoms with Crippen LogP contribution in [0.25, 0.3) is 0 Å². The molecule has 0 aliphatic rings. The molecule has 1 aromatic rings. The van der Waals surface area contributed by atoms with E-state index in [0.717, 1.165) is 18.7 Å². The largest absolute Gasteiger partial charge is 0.418 e. The van der Waals surface area contributed by atoms with E-state index in [-0.39, 0.29) is 5.69 Å². The lowest BCUT2D eigenvalue weighted by atomic mass is 10.1. The highest BCUT2D eigenvalue weighted by molar-refractivity contribution is 5.57. The van der Waals surface area contributed by atoms with Gasteiger partial charge in [-0.25, -0.2) is 0 Å². The monoisotopic (exact) mass is 291 g/mol. The van der Waals surface area contributed by atoms with Gasteiger partial charge in [-0.3, -0.25) is 10.1 Å². The molecule has 0 unspecified atom stereocenters. The predicted molar refractivity (Wildman–Crippen MR) is 69.7 cm³/mol. The molecular formula is C12H16F3N3O2. The Balaban J connectivity index is 2.81. The normalized spacial score (nSPS) is 11.4. The van der Waals surface area contributed by atoms with E-state index in [0.29, 0.717) is 25.6 Å². The summed E-state index contributed by atoms with van der Waals surface area (Å²) in [6.45, 7) is 3.78. The maximum absolute atomic E-state index is 12.8. The van der Waals surface area contributed by atoms with Crippen LogP contribution in [0.15, 0.2) is 18.2 Å². The molecule has 0 aliphatic heterocycles. The Morgan fingerprint density at radius 3 is 2.55 bits per heavy atom. The highest BCUT2D eigenvalue weighted by Crippen LogP contribution is 2.36. The lowest BCUT2D eigenvalue weighted by Crippen LogP contribution is -2.18. The molecule has 1 aromatic carbocycles. The third kappa shape index (κ3) is 4.69. The van der Waals surface area contributed by atoms with E-state index < -0.39 is 22.4 Å². The van der Waals surface area contributed by atoms with Crippen LogP contribution in [0.3, 0.4) is 0 Å². The first-order chi connectivity index (χ1) is 9.36. The Morgan fingerprint density at radius 2 is 2.00 bits per heavy atom. The average Bonchev–Trinajstić information content (AvgIpc) is 2.37. The highest BCUT2D eigenvalue weighted by Gasteiger charge is 2.35. The molecule has 20 heavy (non-hydrogen) atoms. The van der Waals surface area contributed by atoms with E-state index in [2.05, 4.69) is 10.6 Å². The van der Waals surface area contributed by atoms with E-state index in [1.807, 2.05) is 6.92 Å². The summed E-state index contributed by atoms with van der Waals surface area (Å²) in [6.07, 6.45) is -3.97. The van der Waals surface area contributed by atoms with Gasteiger partial charge in [0.1, 0.15) is 0 Å². The molecular weight excluding hydrogens is 275 g/mol. The van der Waals surface area contributed by atoms with E-state index >= 15 is 0 Å². The second-order valence-corrected chi connectivity index (χ2v) is 4.12. The Hall–Kier alpha value is -1.83. The summed E-state index contributed by atoms with van der Waals surface area (Å²) in [5.74, 6) is 0. The Labute approximate surface area is 114 Å². The van der Waals surface area contributed by atoms with Gasteiger partial charge in [0, 0.05) is 24.4 Å². The van der Waals surface area contributed by atoms with Gasteiger partial charge in [-0.2, -0.15) is 13.2 Å². The van der Waals surface area contributed by atoms with Gasteiger partial charge in [0.15, 0.2) is 0 Å². The predicted octanol–water partition coefficient (Wildman–Crippen LogP) is 3.03. The first-order valence-corrected chi connectivity index (χ1v) is 6.16. The summed E-state index contributed by atoms with van der Waals surface area (Å²) in [4.78, 5) is 9.69. The molecule has 0 aromatic heterocycles. The third-order valence-electron chi connectivity index (χ3n) is 2.62. The molecule has 0 saturated carbocycles. The number of alkyl halides is 3. The van der Waals surface area contributed by atoms with Crippen molar-refractivity contribution in [3.8, 4) is 0 Å². The van der Waals surface area contributed by atoms with Crippen molar-refractivity contribution in [1.82, 2.24) is 5.32 Å². The molecule has 0 aliphatic carbocycles. The minimum Gasteiger partial charge on any atom is -0.384 e. The van der Waals surface area contributed by atoms with Crippen LogP contribution in [0, 0.1) is 10.1 Å². The lowest BCUT2D eigenvalue weighted by molar-refractivity contribution is -0.385. The minimum absolute atomic E-state index is 0.139. The van der Waals surface area contributed by atoms with Crippen LogP contribution < -0.4 is 10.6 Å². The van der Waals surface area contributed by atoms with Crippen molar-refractivity contribution in [3.63, 3.8) is 0 Å². The second-order valence-electron chi connectivity index (χ2n) is 4.12. The SMILES string of the molecule is CCNCCCNc1ccc([N+](=O)[O-])cc1C(F)(F)F. The lowest BCUT2D eigenvalue weighted by Gasteiger charge is -2.14. The zero-order valence-electron chi connectivity index (χ0n) is 11.0. The number of anilines is 1. The Bertz CT molecular complexity index is 464. The van der Waals surface area contributed by atoms with Gasteiger partial charge in [-0.05, 0) is 25.6 Å². The number of rotatable bonds is 7. The summed E-state index contributed by atoms with van der Waals surface area (Å²) in [6, 6.07) is 2.70. The van der Waals surface area contributed by atoms with Gasteiger partial charge >= 0.3 is 6.18 Å². The van der Waals surface area contributed by atoms with E-state index in [1.54, 1.807) is 0 Å². The molecule has 0 spiro atoms.